The van der Waals surface area contributed by atoms with Crippen LogP contribution in [0.25, 0.3) is 10.9 Å². The molecule has 1 heterocycles. The molecule has 5 heteroatoms. The number of aromatic nitrogens is 3. The Morgan fingerprint density at radius 3 is 2.93 bits per heavy atom. The molecule has 0 saturated carbocycles. The molecule has 0 bridgehead atoms. The lowest BCUT2D eigenvalue weighted by molar-refractivity contribution is 0.544. The molecule has 0 aliphatic rings. The summed E-state index contributed by atoms with van der Waals surface area (Å²) in [7, 11) is 0. The van der Waals surface area contributed by atoms with Crippen molar-refractivity contribution in [3.8, 4) is 0 Å². The molecule has 0 N–H and O–H groups in total. The Balaban J connectivity index is 2.51. The van der Waals surface area contributed by atoms with Gasteiger partial charge in [0, 0.05) is 6.54 Å². The molecule has 0 amide bonds. The fourth-order valence-corrected chi connectivity index (χ4v) is 1.53. The number of nitrogens with zero attached hydrogens (tertiary/aromatic N) is 3. The topological polar surface area (TPSA) is 47.8 Å². The van der Waals surface area contributed by atoms with Gasteiger partial charge in [-0.25, -0.2) is 4.68 Å². The van der Waals surface area contributed by atoms with Crippen molar-refractivity contribution in [2.75, 3.05) is 5.75 Å². The highest BCUT2D eigenvalue weighted by Gasteiger charge is 2.03. The minimum absolute atomic E-state index is 0.0811. The van der Waals surface area contributed by atoms with Crippen LogP contribution >= 0.6 is 12.6 Å². The van der Waals surface area contributed by atoms with E-state index in [0.29, 0.717) is 17.4 Å². The predicted molar refractivity (Wildman–Crippen MR) is 62.3 cm³/mol. The normalized spacial score (nSPS) is 10.7. The molecule has 0 aliphatic heterocycles. The van der Waals surface area contributed by atoms with E-state index in [1.54, 1.807) is 12.1 Å². The lowest BCUT2D eigenvalue weighted by atomic mass is 10.2. The number of fused-ring (bicyclic) bond motifs is 1. The highest BCUT2D eigenvalue weighted by molar-refractivity contribution is 7.80. The van der Waals surface area contributed by atoms with Gasteiger partial charge in [0.15, 0.2) is 0 Å². The van der Waals surface area contributed by atoms with Gasteiger partial charge in [-0.2, -0.15) is 12.6 Å². The molecule has 0 atom stereocenters. The molecule has 15 heavy (non-hydrogen) atoms. The van der Waals surface area contributed by atoms with Crippen LogP contribution in [0.4, 0.5) is 0 Å². The third-order valence-electron chi connectivity index (χ3n) is 2.16. The molecular weight excluding hydrogens is 210 g/mol. The summed E-state index contributed by atoms with van der Waals surface area (Å²) in [5, 5.41) is 8.46. The lowest BCUT2D eigenvalue weighted by Gasteiger charge is -2.02. The molecule has 0 spiro atoms. The van der Waals surface area contributed by atoms with Gasteiger partial charge in [0.05, 0.1) is 5.39 Å². The van der Waals surface area contributed by atoms with Crippen molar-refractivity contribution < 1.29 is 0 Å². The van der Waals surface area contributed by atoms with Crippen molar-refractivity contribution in [2.45, 2.75) is 13.0 Å². The highest BCUT2D eigenvalue weighted by atomic mass is 32.1. The predicted octanol–water partition coefficient (Wildman–Crippen LogP) is 1.11. The van der Waals surface area contributed by atoms with Crippen LogP contribution in [0.3, 0.4) is 0 Å². The van der Waals surface area contributed by atoms with Gasteiger partial charge in [-0.05, 0) is 24.3 Å². The number of hydrogen-bond acceptors (Lipinski definition) is 4. The van der Waals surface area contributed by atoms with Crippen molar-refractivity contribution in [3.05, 3.63) is 34.6 Å². The summed E-state index contributed by atoms with van der Waals surface area (Å²) >= 11 is 4.10. The summed E-state index contributed by atoms with van der Waals surface area (Å²) in [5.41, 5.74) is 0.562. The van der Waals surface area contributed by atoms with E-state index < -0.39 is 0 Å². The van der Waals surface area contributed by atoms with Crippen LogP contribution in [0.15, 0.2) is 29.1 Å². The smallest absolute Gasteiger partial charge is 0.267 e. The van der Waals surface area contributed by atoms with E-state index in [9.17, 15) is 4.79 Å². The first kappa shape index (κ1) is 10.2. The zero-order valence-corrected chi connectivity index (χ0v) is 9.02. The molecule has 2 rings (SSSR count). The molecule has 78 valence electrons. The maximum atomic E-state index is 11.9. The number of rotatable bonds is 3. The lowest BCUT2D eigenvalue weighted by Crippen LogP contribution is -2.24. The van der Waals surface area contributed by atoms with E-state index in [1.165, 1.54) is 4.68 Å². The zero-order chi connectivity index (χ0) is 10.7. The average Bonchev–Trinajstić information content (AvgIpc) is 2.29. The Kier molecular flexibility index (Phi) is 3.01. The van der Waals surface area contributed by atoms with Crippen molar-refractivity contribution >= 4 is 23.5 Å². The van der Waals surface area contributed by atoms with Crippen molar-refractivity contribution in [1.82, 2.24) is 15.0 Å². The number of hydrogen-bond donors (Lipinski definition) is 1. The molecular formula is C10H11N3OS. The van der Waals surface area contributed by atoms with Gasteiger partial charge < -0.3 is 0 Å². The third kappa shape index (κ3) is 2.02. The number of benzene rings is 1. The van der Waals surface area contributed by atoms with Gasteiger partial charge in [0.25, 0.3) is 5.56 Å². The molecule has 1 aromatic carbocycles. The van der Waals surface area contributed by atoms with Crippen LogP contribution in [-0.2, 0) is 6.54 Å². The first-order valence-electron chi connectivity index (χ1n) is 4.76. The molecule has 0 saturated heterocycles. The largest absolute Gasteiger partial charge is 0.277 e. The summed E-state index contributed by atoms with van der Waals surface area (Å²) in [4.78, 5) is 11.9. The van der Waals surface area contributed by atoms with E-state index in [2.05, 4.69) is 22.9 Å². The fourth-order valence-electron chi connectivity index (χ4n) is 1.39. The van der Waals surface area contributed by atoms with Crippen LogP contribution < -0.4 is 5.56 Å². The second-order valence-corrected chi connectivity index (χ2v) is 3.66. The van der Waals surface area contributed by atoms with Crippen LogP contribution in [0.2, 0.25) is 0 Å². The molecule has 0 unspecified atom stereocenters. The van der Waals surface area contributed by atoms with E-state index in [1.807, 2.05) is 12.1 Å². The Hall–Kier alpha value is -1.36. The van der Waals surface area contributed by atoms with Gasteiger partial charge in [-0.15, -0.1) is 5.10 Å². The van der Waals surface area contributed by atoms with Crippen LogP contribution in [-0.4, -0.2) is 20.7 Å². The van der Waals surface area contributed by atoms with Crippen molar-refractivity contribution in [1.29, 1.82) is 0 Å². The fraction of sp³-hybridized carbons (Fsp3) is 0.300. The standard InChI is InChI=1S/C10H11N3OS/c14-10-8-4-1-2-5-9(8)11-12-13(10)6-3-7-15/h1-2,4-5,15H,3,6-7H2. The van der Waals surface area contributed by atoms with E-state index in [0.717, 1.165) is 12.2 Å². The maximum Gasteiger partial charge on any atom is 0.277 e. The van der Waals surface area contributed by atoms with E-state index >= 15 is 0 Å². The van der Waals surface area contributed by atoms with E-state index in [4.69, 9.17) is 0 Å². The molecule has 0 aliphatic carbocycles. The summed E-state index contributed by atoms with van der Waals surface area (Å²) in [5.74, 6) is 0.737. The Morgan fingerprint density at radius 1 is 1.33 bits per heavy atom. The van der Waals surface area contributed by atoms with E-state index in [-0.39, 0.29) is 5.56 Å². The first-order chi connectivity index (χ1) is 7.33. The van der Waals surface area contributed by atoms with Crippen LogP contribution in [0.5, 0.6) is 0 Å². The summed E-state index contributed by atoms with van der Waals surface area (Å²) < 4.78 is 1.39. The quantitative estimate of drug-likeness (QED) is 0.790. The monoisotopic (exact) mass is 221 g/mol. The van der Waals surface area contributed by atoms with Crippen LogP contribution in [0, 0.1) is 0 Å². The Labute approximate surface area is 92.3 Å². The Bertz CT molecular complexity index is 523. The maximum absolute atomic E-state index is 11.9. The third-order valence-corrected chi connectivity index (χ3v) is 2.47. The minimum Gasteiger partial charge on any atom is -0.267 e. The SMILES string of the molecule is O=c1c2ccccc2nnn1CCCS. The number of thiol groups is 1. The zero-order valence-electron chi connectivity index (χ0n) is 8.13. The summed E-state index contributed by atoms with van der Waals surface area (Å²) in [6.07, 6.45) is 0.816. The minimum atomic E-state index is -0.0811. The molecule has 1 aromatic heterocycles. The molecule has 2 aromatic rings. The van der Waals surface area contributed by atoms with Gasteiger partial charge in [0.2, 0.25) is 0 Å². The first-order valence-corrected chi connectivity index (χ1v) is 5.39. The van der Waals surface area contributed by atoms with Crippen molar-refractivity contribution in [3.63, 3.8) is 0 Å². The number of aryl methyl sites for hydroxylation is 1. The molecule has 0 radical (unpaired) electrons. The van der Waals surface area contributed by atoms with Crippen molar-refractivity contribution in [2.24, 2.45) is 0 Å². The molecule has 4 nitrogen and oxygen atoms in total. The van der Waals surface area contributed by atoms with Gasteiger partial charge >= 0.3 is 0 Å². The van der Waals surface area contributed by atoms with Gasteiger partial charge in [-0.1, -0.05) is 17.3 Å². The molecule has 0 fully saturated rings. The average molecular weight is 221 g/mol. The summed E-state index contributed by atoms with van der Waals surface area (Å²) in [6, 6.07) is 7.22. The van der Waals surface area contributed by atoms with Gasteiger partial charge in [-0.3, -0.25) is 4.79 Å². The summed E-state index contributed by atoms with van der Waals surface area (Å²) in [6.45, 7) is 0.570. The van der Waals surface area contributed by atoms with Crippen LogP contribution in [0.1, 0.15) is 6.42 Å². The van der Waals surface area contributed by atoms with Gasteiger partial charge in [0.1, 0.15) is 5.52 Å². The highest BCUT2D eigenvalue weighted by Crippen LogP contribution is 2.03. The second-order valence-electron chi connectivity index (χ2n) is 3.21. The Morgan fingerprint density at radius 2 is 2.13 bits per heavy atom. The second kappa shape index (κ2) is 4.44.